The zero-order valence-corrected chi connectivity index (χ0v) is 12.4. The van der Waals surface area contributed by atoms with Crippen molar-refractivity contribution >= 4 is 23.4 Å². The zero-order valence-electron chi connectivity index (χ0n) is 11.6. The van der Waals surface area contributed by atoms with Crippen LogP contribution in [-0.2, 0) is 20.1 Å². The average Bonchev–Trinajstić information content (AvgIpc) is 2.62. The first-order valence-electron chi connectivity index (χ1n) is 6.30. The van der Waals surface area contributed by atoms with Gasteiger partial charge in [-0.15, -0.1) is 0 Å². The predicted molar refractivity (Wildman–Crippen MR) is 77.1 cm³/mol. The van der Waals surface area contributed by atoms with E-state index in [1.165, 1.54) is 4.57 Å². The van der Waals surface area contributed by atoms with Crippen molar-refractivity contribution in [1.82, 2.24) is 18.7 Å². The van der Waals surface area contributed by atoms with E-state index in [1.807, 2.05) is 13.8 Å². The Morgan fingerprint density at radius 1 is 1.26 bits per heavy atom. The Kier molecular flexibility index (Phi) is 3.49. The van der Waals surface area contributed by atoms with Gasteiger partial charge in [-0.3, -0.25) is 13.9 Å². The van der Waals surface area contributed by atoms with Crippen molar-refractivity contribution in [3.8, 4) is 0 Å². The van der Waals surface area contributed by atoms with Gasteiger partial charge < -0.3 is 9.55 Å². The van der Waals surface area contributed by atoms with Crippen LogP contribution in [0.15, 0.2) is 9.59 Å². The van der Waals surface area contributed by atoms with Gasteiger partial charge in [0.25, 0.3) is 5.56 Å². The molecule has 2 aromatic heterocycles. The Balaban J connectivity index is 3.02. The molecular formula is C12H18N4O2S. The second-order valence-corrected chi connectivity index (χ2v) is 5.41. The van der Waals surface area contributed by atoms with Gasteiger partial charge in [0.1, 0.15) is 5.65 Å². The minimum absolute atomic E-state index is 0.287. The lowest BCUT2D eigenvalue weighted by molar-refractivity contribution is 0.491. The fraction of sp³-hybridized carbons (Fsp3) is 0.583. The van der Waals surface area contributed by atoms with Crippen LogP contribution in [0.5, 0.6) is 0 Å². The number of H-pyrrole nitrogens is 1. The Bertz CT molecular complexity index is 791. The molecule has 0 unspecified atom stereocenters. The highest BCUT2D eigenvalue weighted by molar-refractivity contribution is 7.71. The Morgan fingerprint density at radius 3 is 2.42 bits per heavy atom. The molecule has 0 saturated carbocycles. The van der Waals surface area contributed by atoms with Gasteiger partial charge in [-0.25, -0.2) is 4.79 Å². The van der Waals surface area contributed by atoms with Crippen LogP contribution < -0.4 is 11.2 Å². The van der Waals surface area contributed by atoms with Gasteiger partial charge in [0.15, 0.2) is 10.3 Å². The lowest BCUT2D eigenvalue weighted by Gasteiger charge is -2.12. The number of aromatic amines is 1. The van der Waals surface area contributed by atoms with Crippen molar-refractivity contribution in [3.05, 3.63) is 25.6 Å². The van der Waals surface area contributed by atoms with E-state index in [0.29, 0.717) is 34.9 Å². The van der Waals surface area contributed by atoms with E-state index in [4.69, 9.17) is 12.2 Å². The minimum atomic E-state index is -0.294. The maximum atomic E-state index is 12.4. The number of nitrogens with zero attached hydrogens (tertiary/aromatic N) is 3. The third-order valence-corrected chi connectivity index (χ3v) is 3.51. The normalized spacial score (nSPS) is 11.6. The molecule has 0 bridgehead atoms. The molecule has 6 nitrogen and oxygen atoms in total. The van der Waals surface area contributed by atoms with Gasteiger partial charge in [0.2, 0.25) is 0 Å². The number of aromatic nitrogens is 4. The highest BCUT2D eigenvalue weighted by atomic mass is 32.1. The van der Waals surface area contributed by atoms with Crippen LogP contribution in [0.1, 0.15) is 20.8 Å². The SMILES string of the molecule is CCn1c(=O)c2c([nH]c(=S)n2C)n(CC(C)C)c1=O. The average molecular weight is 282 g/mol. The molecule has 0 radical (unpaired) electrons. The molecule has 19 heavy (non-hydrogen) atoms. The second-order valence-electron chi connectivity index (χ2n) is 5.02. The molecule has 0 aromatic carbocycles. The molecule has 104 valence electrons. The summed E-state index contributed by atoms with van der Waals surface area (Å²) in [6.07, 6.45) is 0. The first kappa shape index (κ1) is 13.8. The number of hydrogen-bond acceptors (Lipinski definition) is 3. The quantitative estimate of drug-likeness (QED) is 0.861. The molecule has 0 spiro atoms. The van der Waals surface area contributed by atoms with Gasteiger partial charge in [-0.2, -0.15) is 0 Å². The molecule has 0 aliphatic rings. The summed E-state index contributed by atoms with van der Waals surface area (Å²) in [6.45, 7) is 6.73. The molecular weight excluding hydrogens is 264 g/mol. The van der Waals surface area contributed by atoms with Gasteiger partial charge in [0, 0.05) is 20.1 Å². The van der Waals surface area contributed by atoms with Crippen LogP contribution in [0.3, 0.4) is 0 Å². The highest BCUT2D eigenvalue weighted by Crippen LogP contribution is 2.08. The van der Waals surface area contributed by atoms with Crippen LogP contribution in [0.25, 0.3) is 11.2 Å². The first-order valence-corrected chi connectivity index (χ1v) is 6.71. The Hall–Kier alpha value is -1.63. The summed E-state index contributed by atoms with van der Waals surface area (Å²) in [4.78, 5) is 27.6. The standard InChI is InChI=1S/C12H18N4O2S/c1-5-15-10(17)8-9(13-11(19)14(8)4)16(12(15)18)6-7(2)3/h7H,5-6H2,1-4H3,(H,13,19). The molecule has 7 heteroatoms. The molecule has 0 aliphatic heterocycles. The van der Waals surface area contributed by atoms with Crippen molar-refractivity contribution in [1.29, 1.82) is 0 Å². The van der Waals surface area contributed by atoms with Crippen molar-refractivity contribution in [2.24, 2.45) is 13.0 Å². The fourth-order valence-electron chi connectivity index (χ4n) is 2.21. The van der Waals surface area contributed by atoms with Crippen molar-refractivity contribution in [2.75, 3.05) is 0 Å². The van der Waals surface area contributed by atoms with Crippen LogP contribution in [0.4, 0.5) is 0 Å². The Morgan fingerprint density at radius 2 is 1.89 bits per heavy atom. The highest BCUT2D eigenvalue weighted by Gasteiger charge is 2.16. The third kappa shape index (κ3) is 2.07. The van der Waals surface area contributed by atoms with Crippen molar-refractivity contribution in [3.63, 3.8) is 0 Å². The molecule has 0 atom stereocenters. The number of imidazole rings is 1. The summed E-state index contributed by atoms with van der Waals surface area (Å²) in [6, 6.07) is 0. The fourth-order valence-corrected chi connectivity index (χ4v) is 2.40. The first-order chi connectivity index (χ1) is 8.88. The van der Waals surface area contributed by atoms with E-state index in [9.17, 15) is 9.59 Å². The maximum Gasteiger partial charge on any atom is 0.332 e. The van der Waals surface area contributed by atoms with Gasteiger partial charge in [-0.05, 0) is 25.1 Å². The third-order valence-electron chi connectivity index (χ3n) is 3.13. The van der Waals surface area contributed by atoms with Crippen LogP contribution in [0, 0.1) is 10.7 Å². The van der Waals surface area contributed by atoms with E-state index in [2.05, 4.69) is 4.98 Å². The zero-order chi connectivity index (χ0) is 14.3. The molecule has 0 aliphatic carbocycles. The van der Waals surface area contributed by atoms with Crippen LogP contribution >= 0.6 is 12.2 Å². The summed E-state index contributed by atoms with van der Waals surface area (Å²) < 4.78 is 4.90. The van der Waals surface area contributed by atoms with Gasteiger partial charge in [0.05, 0.1) is 0 Å². The Labute approximate surface area is 115 Å². The summed E-state index contributed by atoms with van der Waals surface area (Å²) in [7, 11) is 1.73. The maximum absolute atomic E-state index is 12.4. The lowest BCUT2D eigenvalue weighted by atomic mass is 10.2. The molecule has 0 fully saturated rings. The van der Waals surface area contributed by atoms with E-state index in [0.717, 1.165) is 0 Å². The number of rotatable bonds is 3. The summed E-state index contributed by atoms with van der Waals surface area (Å²) >= 11 is 5.15. The van der Waals surface area contributed by atoms with Gasteiger partial charge in [-0.1, -0.05) is 13.8 Å². The number of aryl methyl sites for hydroxylation is 1. The lowest BCUT2D eigenvalue weighted by Crippen LogP contribution is -2.40. The van der Waals surface area contributed by atoms with E-state index >= 15 is 0 Å². The molecule has 2 rings (SSSR count). The molecule has 2 heterocycles. The topological polar surface area (TPSA) is 64.7 Å². The molecule has 1 N–H and O–H groups in total. The summed E-state index contributed by atoms with van der Waals surface area (Å²) in [5, 5.41) is 0. The summed E-state index contributed by atoms with van der Waals surface area (Å²) in [5.41, 5.74) is 0.385. The predicted octanol–water partition coefficient (Wildman–Crippen LogP) is 1.24. The van der Waals surface area contributed by atoms with Crippen LogP contribution in [-0.4, -0.2) is 18.7 Å². The molecule has 0 amide bonds. The second kappa shape index (κ2) is 4.80. The van der Waals surface area contributed by atoms with E-state index in [-0.39, 0.29) is 11.2 Å². The summed E-state index contributed by atoms with van der Waals surface area (Å²) in [5.74, 6) is 0.297. The van der Waals surface area contributed by atoms with E-state index < -0.39 is 0 Å². The largest absolute Gasteiger partial charge is 0.332 e. The number of fused-ring (bicyclic) bond motifs is 1. The smallest absolute Gasteiger partial charge is 0.316 e. The van der Waals surface area contributed by atoms with Crippen molar-refractivity contribution in [2.45, 2.75) is 33.9 Å². The van der Waals surface area contributed by atoms with Crippen molar-refractivity contribution < 1.29 is 0 Å². The minimum Gasteiger partial charge on any atom is -0.316 e. The van der Waals surface area contributed by atoms with E-state index in [1.54, 1.807) is 23.1 Å². The van der Waals surface area contributed by atoms with Crippen LogP contribution in [0.2, 0.25) is 0 Å². The molecule has 0 saturated heterocycles. The molecule has 2 aromatic rings. The number of hydrogen-bond donors (Lipinski definition) is 1. The number of nitrogens with one attached hydrogen (secondary N) is 1. The monoisotopic (exact) mass is 282 g/mol. The van der Waals surface area contributed by atoms with Gasteiger partial charge >= 0.3 is 5.69 Å².